The molecule has 3 heterocycles. The Morgan fingerprint density at radius 2 is 1.97 bits per heavy atom. The molecule has 0 amide bonds. The molecule has 5 rings (SSSR count). The summed E-state index contributed by atoms with van der Waals surface area (Å²) in [5.74, 6) is 1.16. The monoisotopic (exact) mass is 392 g/mol. The van der Waals surface area contributed by atoms with Crippen molar-refractivity contribution < 1.29 is 18.4 Å². The van der Waals surface area contributed by atoms with Crippen LogP contribution in [0.4, 0.5) is 4.39 Å². The summed E-state index contributed by atoms with van der Waals surface area (Å²) in [4.78, 5) is 4.47. The van der Waals surface area contributed by atoms with Gasteiger partial charge in [-0.15, -0.1) is 0 Å². The highest BCUT2D eigenvalue weighted by Gasteiger charge is 2.24. The number of rotatable bonds is 4. The second kappa shape index (κ2) is 7.14. The van der Waals surface area contributed by atoms with E-state index in [9.17, 15) is 4.39 Å². The highest BCUT2D eigenvalue weighted by Crippen LogP contribution is 2.31. The predicted octanol–water partition coefficient (Wildman–Crippen LogP) is 4.02. The molecule has 1 aliphatic rings. The molecular weight excluding hydrogens is 375 g/mol. The summed E-state index contributed by atoms with van der Waals surface area (Å²) in [5.41, 5.74) is 3.14. The van der Waals surface area contributed by atoms with E-state index in [1.807, 2.05) is 35.0 Å². The average Bonchev–Trinajstić information content (AvgIpc) is 3.41. The van der Waals surface area contributed by atoms with Gasteiger partial charge < -0.3 is 14.0 Å². The Morgan fingerprint density at radius 1 is 1.14 bits per heavy atom. The van der Waals surface area contributed by atoms with Crippen LogP contribution in [0.15, 0.2) is 59.1 Å². The Hall–Kier alpha value is -3.52. The fourth-order valence-corrected chi connectivity index (χ4v) is 3.38. The van der Waals surface area contributed by atoms with Crippen LogP contribution in [-0.2, 0) is 17.9 Å². The van der Waals surface area contributed by atoms with Crippen molar-refractivity contribution in [2.24, 2.45) is 0 Å². The maximum Gasteiger partial charge on any atom is 0.278 e. The Balaban J connectivity index is 1.41. The molecular formula is C21H17FN4O3. The fourth-order valence-electron chi connectivity index (χ4n) is 3.38. The Labute approximate surface area is 165 Å². The summed E-state index contributed by atoms with van der Waals surface area (Å²) < 4.78 is 31.7. The van der Waals surface area contributed by atoms with Crippen LogP contribution in [-0.4, -0.2) is 27.0 Å². The molecule has 1 atom stereocenters. The number of methoxy groups -OCH3 is 1. The minimum absolute atomic E-state index is 0.192. The third kappa shape index (κ3) is 3.27. The van der Waals surface area contributed by atoms with Crippen molar-refractivity contribution in [1.82, 2.24) is 19.9 Å². The van der Waals surface area contributed by atoms with E-state index in [0.29, 0.717) is 36.3 Å². The zero-order chi connectivity index (χ0) is 19.8. The number of hydrogen-bond donors (Lipinski definition) is 0. The van der Waals surface area contributed by atoms with Gasteiger partial charge in [-0.1, -0.05) is 29.4 Å². The normalized spacial score (nSPS) is 15.9. The second-order valence-corrected chi connectivity index (χ2v) is 6.68. The van der Waals surface area contributed by atoms with Gasteiger partial charge in [0.15, 0.2) is 5.69 Å². The van der Waals surface area contributed by atoms with Gasteiger partial charge in [0.05, 0.1) is 31.5 Å². The van der Waals surface area contributed by atoms with Crippen LogP contribution >= 0.6 is 0 Å². The molecule has 8 heteroatoms. The smallest absolute Gasteiger partial charge is 0.278 e. The van der Waals surface area contributed by atoms with E-state index in [4.69, 9.17) is 14.0 Å². The molecule has 0 fully saturated rings. The van der Waals surface area contributed by atoms with Gasteiger partial charge in [0.25, 0.3) is 5.89 Å². The number of benzene rings is 2. The Morgan fingerprint density at radius 3 is 2.79 bits per heavy atom. The van der Waals surface area contributed by atoms with Gasteiger partial charge >= 0.3 is 0 Å². The summed E-state index contributed by atoms with van der Waals surface area (Å²) in [5, 5.41) is 8.67. The lowest BCUT2D eigenvalue weighted by molar-refractivity contribution is -0.00116. The zero-order valence-electron chi connectivity index (χ0n) is 15.6. The van der Waals surface area contributed by atoms with Gasteiger partial charge in [-0.05, 0) is 35.9 Å². The largest absolute Gasteiger partial charge is 0.496 e. The second-order valence-electron chi connectivity index (χ2n) is 6.68. The molecule has 0 aliphatic carbocycles. The van der Waals surface area contributed by atoms with Crippen molar-refractivity contribution in [3.8, 4) is 28.7 Å². The van der Waals surface area contributed by atoms with Gasteiger partial charge in [0.1, 0.15) is 17.7 Å². The summed E-state index contributed by atoms with van der Waals surface area (Å²) in [7, 11) is 1.60. The molecule has 0 saturated heterocycles. The topological polar surface area (TPSA) is 75.2 Å². The van der Waals surface area contributed by atoms with E-state index in [-0.39, 0.29) is 11.9 Å². The number of fused-ring (bicyclic) bond motifs is 1. The van der Waals surface area contributed by atoms with Crippen LogP contribution in [0, 0.1) is 5.82 Å². The SMILES string of the molecule is COc1ccccc1-c1noc(-c2cc3n(n2)C[C@@H](c2ccc(F)cc2)OC3)n1. The van der Waals surface area contributed by atoms with E-state index in [0.717, 1.165) is 16.8 Å². The van der Waals surface area contributed by atoms with Crippen molar-refractivity contribution in [2.75, 3.05) is 7.11 Å². The van der Waals surface area contributed by atoms with Crippen molar-refractivity contribution in [2.45, 2.75) is 19.3 Å². The molecule has 0 bridgehead atoms. The number of nitrogens with zero attached hydrogens (tertiary/aromatic N) is 4. The van der Waals surface area contributed by atoms with Crippen molar-refractivity contribution >= 4 is 0 Å². The van der Waals surface area contributed by atoms with E-state index < -0.39 is 0 Å². The molecule has 2 aromatic carbocycles. The summed E-state index contributed by atoms with van der Waals surface area (Å²) in [6.07, 6.45) is -0.192. The van der Waals surface area contributed by atoms with Crippen LogP contribution < -0.4 is 4.74 Å². The van der Waals surface area contributed by atoms with Gasteiger partial charge in [-0.2, -0.15) is 10.1 Å². The first-order chi connectivity index (χ1) is 14.2. The first kappa shape index (κ1) is 17.6. The van der Waals surface area contributed by atoms with Crippen LogP contribution in [0.2, 0.25) is 0 Å². The van der Waals surface area contributed by atoms with E-state index >= 15 is 0 Å². The molecule has 0 unspecified atom stereocenters. The van der Waals surface area contributed by atoms with E-state index in [2.05, 4.69) is 15.2 Å². The van der Waals surface area contributed by atoms with Gasteiger partial charge in [-0.25, -0.2) is 4.39 Å². The molecule has 2 aromatic heterocycles. The van der Waals surface area contributed by atoms with Crippen molar-refractivity contribution in [3.05, 3.63) is 71.7 Å². The lowest BCUT2D eigenvalue weighted by Gasteiger charge is -2.24. The van der Waals surface area contributed by atoms with E-state index in [1.165, 1.54) is 12.1 Å². The Kier molecular flexibility index (Phi) is 4.33. The van der Waals surface area contributed by atoms with Gasteiger partial charge in [-0.3, -0.25) is 4.68 Å². The summed E-state index contributed by atoms with van der Waals surface area (Å²) in [6.45, 7) is 0.914. The molecule has 7 nitrogen and oxygen atoms in total. The molecule has 0 radical (unpaired) electrons. The maximum atomic E-state index is 13.2. The predicted molar refractivity (Wildman–Crippen MR) is 101 cm³/mol. The highest BCUT2D eigenvalue weighted by atomic mass is 19.1. The van der Waals surface area contributed by atoms with Gasteiger partial charge in [0.2, 0.25) is 5.82 Å². The van der Waals surface area contributed by atoms with Crippen LogP contribution in [0.1, 0.15) is 17.4 Å². The van der Waals surface area contributed by atoms with Crippen molar-refractivity contribution in [3.63, 3.8) is 0 Å². The van der Waals surface area contributed by atoms with E-state index in [1.54, 1.807) is 19.2 Å². The quantitative estimate of drug-likeness (QED) is 0.522. The number of aromatic nitrogens is 4. The van der Waals surface area contributed by atoms with Crippen LogP contribution in [0.5, 0.6) is 5.75 Å². The van der Waals surface area contributed by atoms with Crippen LogP contribution in [0.25, 0.3) is 23.0 Å². The first-order valence-corrected chi connectivity index (χ1v) is 9.12. The minimum Gasteiger partial charge on any atom is -0.496 e. The molecule has 0 saturated carbocycles. The molecule has 0 N–H and O–H groups in total. The molecule has 0 spiro atoms. The lowest BCUT2D eigenvalue weighted by Crippen LogP contribution is -2.21. The molecule has 29 heavy (non-hydrogen) atoms. The number of ether oxygens (including phenoxy) is 2. The minimum atomic E-state index is -0.270. The summed E-state index contributed by atoms with van der Waals surface area (Å²) in [6, 6.07) is 15.7. The Bertz CT molecular complexity index is 1150. The molecule has 146 valence electrons. The average molecular weight is 392 g/mol. The van der Waals surface area contributed by atoms with Crippen molar-refractivity contribution in [1.29, 1.82) is 0 Å². The number of hydrogen-bond acceptors (Lipinski definition) is 6. The van der Waals surface area contributed by atoms with Crippen LogP contribution in [0.3, 0.4) is 0 Å². The first-order valence-electron chi connectivity index (χ1n) is 9.12. The third-order valence-corrected chi connectivity index (χ3v) is 4.87. The lowest BCUT2D eigenvalue weighted by atomic mass is 10.1. The number of halogens is 1. The maximum absolute atomic E-state index is 13.2. The standard InChI is InChI=1S/C21H17FN4O3/c1-27-18-5-3-2-4-16(18)20-23-21(29-25-20)17-10-15-12-28-19(11-26(15)24-17)13-6-8-14(22)9-7-13/h2-10,19H,11-12H2,1H3/t19-/m0/s1. The molecule has 1 aliphatic heterocycles. The number of para-hydroxylation sites is 1. The zero-order valence-corrected chi connectivity index (χ0v) is 15.6. The summed E-state index contributed by atoms with van der Waals surface area (Å²) >= 11 is 0. The molecule has 4 aromatic rings. The van der Waals surface area contributed by atoms with Gasteiger partial charge in [0, 0.05) is 0 Å². The highest BCUT2D eigenvalue weighted by molar-refractivity contribution is 5.65. The third-order valence-electron chi connectivity index (χ3n) is 4.87. The fraction of sp³-hybridized carbons (Fsp3) is 0.190.